The Morgan fingerprint density at radius 3 is 2.38 bits per heavy atom. The third kappa shape index (κ3) is 4.50. The molecule has 0 aliphatic heterocycles. The molecule has 6 nitrogen and oxygen atoms in total. The number of aryl methyl sites for hydroxylation is 1. The van der Waals surface area contributed by atoms with Crippen LogP contribution in [0.5, 0.6) is 11.5 Å². The van der Waals surface area contributed by atoms with Gasteiger partial charge in [-0.25, -0.2) is 4.39 Å². The van der Waals surface area contributed by atoms with Crippen LogP contribution in [0, 0.1) is 12.7 Å². The number of ether oxygens (including phenoxy) is 2. The van der Waals surface area contributed by atoms with Crippen LogP contribution in [-0.2, 0) is 4.79 Å². The zero-order valence-corrected chi connectivity index (χ0v) is 14.7. The fourth-order valence-electron chi connectivity index (χ4n) is 2.47. The van der Waals surface area contributed by atoms with Gasteiger partial charge in [-0.15, -0.1) is 0 Å². The van der Waals surface area contributed by atoms with Crippen LogP contribution in [0.4, 0.5) is 4.39 Å². The van der Waals surface area contributed by atoms with E-state index in [2.05, 4.69) is 5.32 Å². The Balaban J connectivity index is 2.31. The summed E-state index contributed by atoms with van der Waals surface area (Å²) in [6.07, 6.45) is -0.338. The van der Waals surface area contributed by atoms with Crippen molar-refractivity contribution in [1.82, 2.24) is 5.32 Å². The van der Waals surface area contributed by atoms with E-state index < -0.39 is 23.7 Å². The monoisotopic (exact) mass is 361 g/mol. The van der Waals surface area contributed by atoms with Gasteiger partial charge in [0.25, 0.3) is 5.91 Å². The number of hydrogen-bond donors (Lipinski definition) is 2. The fourth-order valence-corrected chi connectivity index (χ4v) is 2.47. The maximum absolute atomic E-state index is 13.7. The first kappa shape index (κ1) is 19.2. The zero-order chi connectivity index (χ0) is 19.3. The van der Waals surface area contributed by atoms with E-state index in [-0.39, 0.29) is 12.0 Å². The number of nitrogens with one attached hydrogen (secondary N) is 1. The number of methoxy groups -OCH3 is 2. The molecule has 7 heteroatoms. The third-order valence-corrected chi connectivity index (χ3v) is 3.93. The zero-order valence-electron chi connectivity index (χ0n) is 14.7. The predicted octanol–water partition coefficient (Wildman–Crippen LogP) is 3.10. The quantitative estimate of drug-likeness (QED) is 0.792. The fraction of sp³-hybridized carbons (Fsp3) is 0.263. The summed E-state index contributed by atoms with van der Waals surface area (Å²) in [6.45, 7) is 1.59. The van der Waals surface area contributed by atoms with E-state index in [1.807, 2.05) is 0 Å². The van der Waals surface area contributed by atoms with Crippen LogP contribution in [0.15, 0.2) is 36.4 Å². The van der Waals surface area contributed by atoms with Crippen LogP contribution in [0.1, 0.15) is 33.9 Å². The molecule has 1 amide bonds. The molecule has 0 spiro atoms. The largest absolute Gasteiger partial charge is 0.493 e. The lowest BCUT2D eigenvalue weighted by molar-refractivity contribution is -0.137. The molecule has 0 aliphatic carbocycles. The van der Waals surface area contributed by atoms with Gasteiger partial charge in [0.2, 0.25) is 0 Å². The summed E-state index contributed by atoms with van der Waals surface area (Å²) in [5.41, 5.74) is 1.07. The summed E-state index contributed by atoms with van der Waals surface area (Å²) in [4.78, 5) is 23.6. The van der Waals surface area contributed by atoms with Gasteiger partial charge >= 0.3 is 5.97 Å². The number of carbonyl (C=O) groups is 2. The van der Waals surface area contributed by atoms with E-state index in [4.69, 9.17) is 14.6 Å². The van der Waals surface area contributed by atoms with Crippen molar-refractivity contribution < 1.29 is 28.6 Å². The molecule has 0 saturated heterocycles. The lowest BCUT2D eigenvalue weighted by Crippen LogP contribution is -2.30. The van der Waals surface area contributed by atoms with Gasteiger partial charge in [-0.2, -0.15) is 0 Å². The highest BCUT2D eigenvalue weighted by molar-refractivity contribution is 5.94. The second kappa shape index (κ2) is 8.33. The average molecular weight is 361 g/mol. The van der Waals surface area contributed by atoms with Gasteiger partial charge < -0.3 is 19.9 Å². The minimum Gasteiger partial charge on any atom is -0.493 e. The molecular formula is C19H20FNO5. The van der Waals surface area contributed by atoms with Crippen molar-refractivity contribution in [3.63, 3.8) is 0 Å². The molecule has 26 heavy (non-hydrogen) atoms. The maximum atomic E-state index is 13.7. The van der Waals surface area contributed by atoms with Gasteiger partial charge in [0, 0.05) is 5.56 Å². The van der Waals surface area contributed by atoms with E-state index in [0.29, 0.717) is 22.6 Å². The molecule has 2 N–H and O–H groups in total. The molecule has 0 fully saturated rings. The standard InChI is InChI=1S/C19H20FNO5/c1-11-4-5-13(8-14(11)20)19(24)21-15(10-18(22)23)12-6-7-16(25-2)17(9-12)26-3/h4-9,15H,10H2,1-3H3,(H,21,24)(H,22,23). The van der Waals surface area contributed by atoms with Crippen molar-refractivity contribution >= 4 is 11.9 Å². The number of halogens is 1. The molecule has 0 radical (unpaired) electrons. The Labute approximate surface area is 150 Å². The van der Waals surface area contributed by atoms with Crippen molar-refractivity contribution in [1.29, 1.82) is 0 Å². The number of hydrogen-bond acceptors (Lipinski definition) is 4. The molecule has 0 heterocycles. The van der Waals surface area contributed by atoms with Gasteiger partial charge in [-0.3, -0.25) is 9.59 Å². The molecule has 1 unspecified atom stereocenters. The Bertz CT molecular complexity index is 822. The Kier molecular flexibility index (Phi) is 6.16. The number of carboxylic acids is 1. The molecule has 1 atom stereocenters. The van der Waals surface area contributed by atoms with Gasteiger partial charge in [0.15, 0.2) is 11.5 Å². The molecule has 0 aliphatic rings. The predicted molar refractivity (Wildman–Crippen MR) is 93.1 cm³/mol. The number of aliphatic carboxylic acids is 1. The summed E-state index contributed by atoms with van der Waals surface area (Å²) in [6, 6.07) is 8.15. The number of amides is 1. The molecule has 0 bridgehead atoms. The highest BCUT2D eigenvalue weighted by Crippen LogP contribution is 2.31. The Hall–Kier alpha value is -3.09. The smallest absolute Gasteiger partial charge is 0.305 e. The first-order chi connectivity index (χ1) is 12.3. The molecule has 2 rings (SSSR count). The summed E-state index contributed by atoms with van der Waals surface area (Å²) in [5.74, 6) is -1.25. The Morgan fingerprint density at radius 1 is 1.12 bits per heavy atom. The first-order valence-electron chi connectivity index (χ1n) is 7.86. The van der Waals surface area contributed by atoms with Crippen molar-refractivity contribution in [2.45, 2.75) is 19.4 Å². The summed E-state index contributed by atoms with van der Waals surface area (Å²) < 4.78 is 24.1. The summed E-state index contributed by atoms with van der Waals surface area (Å²) in [5, 5.41) is 11.8. The van der Waals surface area contributed by atoms with Crippen molar-refractivity contribution in [2.24, 2.45) is 0 Å². The second-order valence-electron chi connectivity index (χ2n) is 5.70. The minimum atomic E-state index is -1.08. The minimum absolute atomic E-state index is 0.115. The van der Waals surface area contributed by atoms with E-state index in [0.717, 1.165) is 6.07 Å². The molecule has 138 valence electrons. The lowest BCUT2D eigenvalue weighted by Gasteiger charge is -2.19. The van der Waals surface area contributed by atoms with Crippen LogP contribution in [-0.4, -0.2) is 31.2 Å². The van der Waals surface area contributed by atoms with Gasteiger partial charge in [-0.05, 0) is 42.3 Å². The van der Waals surface area contributed by atoms with E-state index in [1.54, 1.807) is 25.1 Å². The van der Waals surface area contributed by atoms with E-state index in [1.165, 1.54) is 26.4 Å². The van der Waals surface area contributed by atoms with Crippen molar-refractivity contribution in [3.8, 4) is 11.5 Å². The van der Waals surface area contributed by atoms with Crippen molar-refractivity contribution in [2.75, 3.05) is 14.2 Å². The number of carbonyl (C=O) groups excluding carboxylic acids is 1. The molecule has 0 aromatic heterocycles. The molecule has 0 saturated carbocycles. The lowest BCUT2D eigenvalue weighted by atomic mass is 10.0. The van der Waals surface area contributed by atoms with Crippen LogP contribution >= 0.6 is 0 Å². The van der Waals surface area contributed by atoms with Gasteiger partial charge in [0.05, 0.1) is 26.7 Å². The number of rotatable bonds is 7. The number of benzene rings is 2. The second-order valence-corrected chi connectivity index (χ2v) is 5.70. The molecular weight excluding hydrogens is 341 g/mol. The highest BCUT2D eigenvalue weighted by atomic mass is 19.1. The van der Waals surface area contributed by atoms with Gasteiger partial charge in [0.1, 0.15) is 5.82 Å². The van der Waals surface area contributed by atoms with E-state index >= 15 is 0 Å². The summed E-state index contributed by atoms with van der Waals surface area (Å²) in [7, 11) is 2.95. The normalized spacial score (nSPS) is 11.5. The van der Waals surface area contributed by atoms with Crippen molar-refractivity contribution in [3.05, 3.63) is 58.9 Å². The van der Waals surface area contributed by atoms with Gasteiger partial charge in [-0.1, -0.05) is 12.1 Å². The highest BCUT2D eigenvalue weighted by Gasteiger charge is 2.21. The van der Waals surface area contributed by atoms with Crippen LogP contribution in [0.25, 0.3) is 0 Å². The SMILES string of the molecule is COc1ccc(C(CC(=O)O)NC(=O)c2ccc(C)c(F)c2)cc1OC. The topological polar surface area (TPSA) is 84.9 Å². The first-order valence-corrected chi connectivity index (χ1v) is 7.86. The number of carboxylic acid groups (broad SMARTS) is 1. The Morgan fingerprint density at radius 2 is 1.81 bits per heavy atom. The van der Waals surface area contributed by atoms with Crippen LogP contribution < -0.4 is 14.8 Å². The molecule has 2 aromatic carbocycles. The maximum Gasteiger partial charge on any atom is 0.305 e. The van der Waals surface area contributed by atoms with E-state index in [9.17, 15) is 14.0 Å². The average Bonchev–Trinajstić information content (AvgIpc) is 2.62. The van der Waals surface area contributed by atoms with Crippen LogP contribution in [0.3, 0.4) is 0 Å². The van der Waals surface area contributed by atoms with Crippen LogP contribution in [0.2, 0.25) is 0 Å². The summed E-state index contributed by atoms with van der Waals surface area (Å²) >= 11 is 0. The third-order valence-electron chi connectivity index (χ3n) is 3.93. The molecule has 2 aromatic rings.